The van der Waals surface area contributed by atoms with Crippen LogP contribution in [0.5, 0.6) is 0 Å². The number of halogens is 1. The van der Waals surface area contributed by atoms with Crippen LogP contribution in [0.1, 0.15) is 30.4 Å². The van der Waals surface area contributed by atoms with Gasteiger partial charge >= 0.3 is 0 Å². The summed E-state index contributed by atoms with van der Waals surface area (Å²) >= 11 is 0. The van der Waals surface area contributed by atoms with Crippen LogP contribution >= 0.6 is 0 Å². The highest BCUT2D eigenvalue weighted by atomic mass is 19.1. The van der Waals surface area contributed by atoms with Gasteiger partial charge < -0.3 is 11.1 Å². The Kier molecular flexibility index (Phi) is 4.16. The van der Waals surface area contributed by atoms with E-state index in [0.29, 0.717) is 40.3 Å². The highest BCUT2D eigenvalue weighted by Crippen LogP contribution is 2.36. The minimum absolute atomic E-state index is 0.0696. The number of nitrogen functional groups attached to an aromatic ring is 1. The van der Waals surface area contributed by atoms with E-state index in [0.717, 1.165) is 5.56 Å². The van der Waals surface area contributed by atoms with Crippen molar-refractivity contribution in [3.63, 3.8) is 0 Å². The molecule has 0 saturated heterocycles. The van der Waals surface area contributed by atoms with Gasteiger partial charge in [0.05, 0.1) is 11.9 Å². The molecule has 1 aliphatic rings. The molecule has 3 N–H and O–H groups in total. The topological polar surface area (TPSA) is 112 Å². The van der Waals surface area contributed by atoms with Crippen LogP contribution in [0.15, 0.2) is 42.6 Å². The predicted molar refractivity (Wildman–Crippen MR) is 110 cm³/mol. The molecule has 0 saturated carbocycles. The molecular weight excluding hydrogens is 385 g/mol. The van der Waals surface area contributed by atoms with Crippen LogP contribution in [0.25, 0.3) is 22.6 Å². The fraction of sp³-hybridized carbons (Fsp3) is 0.190. The lowest BCUT2D eigenvalue weighted by atomic mass is 9.95. The van der Waals surface area contributed by atoms with Crippen LogP contribution in [0.3, 0.4) is 0 Å². The number of carbonyl (C=O) groups excluding carboxylic acids is 1. The molecule has 30 heavy (non-hydrogen) atoms. The van der Waals surface area contributed by atoms with Gasteiger partial charge in [-0.1, -0.05) is 25.1 Å². The zero-order valence-electron chi connectivity index (χ0n) is 16.1. The van der Waals surface area contributed by atoms with Gasteiger partial charge in [-0.3, -0.25) is 4.79 Å². The molecule has 5 rings (SSSR count). The van der Waals surface area contributed by atoms with E-state index in [1.54, 1.807) is 35.1 Å². The van der Waals surface area contributed by atoms with Crippen molar-refractivity contribution in [2.24, 2.45) is 0 Å². The molecule has 150 valence electrons. The molecule has 4 aromatic rings. The summed E-state index contributed by atoms with van der Waals surface area (Å²) in [6, 6.07) is 10.2. The first-order valence-electron chi connectivity index (χ1n) is 9.54. The number of hydrogen-bond donors (Lipinski definition) is 2. The first-order chi connectivity index (χ1) is 14.5. The van der Waals surface area contributed by atoms with Gasteiger partial charge in [0.2, 0.25) is 5.91 Å². The first kappa shape index (κ1) is 18.2. The fourth-order valence-electron chi connectivity index (χ4n) is 3.81. The standard InChI is InChI=1S/C21H18FN7O/c1-11-9-15(30)25-19-16(11)18(23)26-20(27-19)17-13-6-4-8-24-21(13)29(28-17)10-12-5-2-3-7-14(12)22/h2-8,11H,9-10H2,1H3,(H3,23,25,26,27,30). The molecule has 8 nitrogen and oxygen atoms in total. The quantitative estimate of drug-likeness (QED) is 0.544. The van der Waals surface area contributed by atoms with Crippen LogP contribution < -0.4 is 11.1 Å². The molecule has 0 radical (unpaired) electrons. The van der Waals surface area contributed by atoms with Crippen molar-refractivity contribution in [2.45, 2.75) is 25.8 Å². The lowest BCUT2D eigenvalue weighted by Gasteiger charge is -2.22. The van der Waals surface area contributed by atoms with Crippen LogP contribution in [0, 0.1) is 5.82 Å². The van der Waals surface area contributed by atoms with Gasteiger partial charge in [0.15, 0.2) is 11.5 Å². The molecule has 1 amide bonds. The maximum absolute atomic E-state index is 14.2. The highest BCUT2D eigenvalue weighted by Gasteiger charge is 2.28. The number of nitrogens with one attached hydrogen (secondary N) is 1. The maximum Gasteiger partial charge on any atom is 0.226 e. The Bertz CT molecular complexity index is 1300. The van der Waals surface area contributed by atoms with Gasteiger partial charge in [0.1, 0.15) is 23.1 Å². The summed E-state index contributed by atoms with van der Waals surface area (Å²) in [5.41, 5.74) is 8.47. The Hall–Kier alpha value is -3.88. The number of rotatable bonds is 3. The van der Waals surface area contributed by atoms with Gasteiger partial charge in [-0.2, -0.15) is 5.10 Å². The average Bonchev–Trinajstić information content (AvgIpc) is 3.07. The van der Waals surface area contributed by atoms with Crippen molar-refractivity contribution in [1.82, 2.24) is 24.7 Å². The number of benzene rings is 1. The van der Waals surface area contributed by atoms with E-state index in [1.165, 1.54) is 6.07 Å². The minimum atomic E-state index is -0.315. The molecule has 4 heterocycles. The van der Waals surface area contributed by atoms with Gasteiger partial charge in [0, 0.05) is 23.7 Å². The number of pyridine rings is 1. The van der Waals surface area contributed by atoms with E-state index in [1.807, 2.05) is 13.0 Å². The van der Waals surface area contributed by atoms with Crippen molar-refractivity contribution in [3.8, 4) is 11.5 Å². The van der Waals surface area contributed by atoms with Gasteiger partial charge in [-0.15, -0.1) is 0 Å². The third-order valence-corrected chi connectivity index (χ3v) is 5.21. The van der Waals surface area contributed by atoms with E-state index in [2.05, 4.69) is 25.4 Å². The second-order valence-corrected chi connectivity index (χ2v) is 7.32. The molecule has 1 atom stereocenters. The highest BCUT2D eigenvalue weighted by molar-refractivity contribution is 5.95. The van der Waals surface area contributed by atoms with Crippen LogP contribution in [0.2, 0.25) is 0 Å². The van der Waals surface area contributed by atoms with Crippen molar-refractivity contribution >= 4 is 28.6 Å². The first-order valence-corrected chi connectivity index (χ1v) is 9.54. The summed E-state index contributed by atoms with van der Waals surface area (Å²) in [4.78, 5) is 25.4. The Morgan fingerprint density at radius 3 is 2.90 bits per heavy atom. The van der Waals surface area contributed by atoms with E-state index in [-0.39, 0.29) is 30.0 Å². The van der Waals surface area contributed by atoms with Gasteiger partial charge in [0.25, 0.3) is 0 Å². The Balaban J connectivity index is 1.66. The molecule has 0 spiro atoms. The van der Waals surface area contributed by atoms with Crippen LogP contribution in [0.4, 0.5) is 16.0 Å². The van der Waals surface area contributed by atoms with E-state index in [9.17, 15) is 9.18 Å². The Labute approximate surface area is 171 Å². The Morgan fingerprint density at radius 1 is 1.23 bits per heavy atom. The molecule has 1 aliphatic heterocycles. The van der Waals surface area contributed by atoms with Gasteiger partial charge in [-0.05, 0) is 24.1 Å². The number of aromatic nitrogens is 5. The molecule has 3 aromatic heterocycles. The number of carbonyl (C=O) groups is 1. The molecule has 0 aliphatic carbocycles. The average molecular weight is 403 g/mol. The maximum atomic E-state index is 14.2. The molecule has 9 heteroatoms. The number of anilines is 2. The Morgan fingerprint density at radius 2 is 2.07 bits per heavy atom. The van der Waals surface area contributed by atoms with Crippen LogP contribution in [-0.2, 0) is 11.3 Å². The van der Waals surface area contributed by atoms with Crippen LogP contribution in [-0.4, -0.2) is 30.6 Å². The lowest BCUT2D eigenvalue weighted by molar-refractivity contribution is -0.116. The second-order valence-electron chi connectivity index (χ2n) is 7.32. The molecule has 0 fully saturated rings. The summed E-state index contributed by atoms with van der Waals surface area (Å²) < 4.78 is 15.8. The minimum Gasteiger partial charge on any atom is -0.383 e. The van der Waals surface area contributed by atoms with Gasteiger partial charge in [-0.25, -0.2) is 24.0 Å². The third-order valence-electron chi connectivity index (χ3n) is 5.21. The largest absolute Gasteiger partial charge is 0.383 e. The predicted octanol–water partition coefficient (Wildman–Crippen LogP) is 3.10. The number of nitrogens with zero attached hydrogens (tertiary/aromatic N) is 5. The third kappa shape index (κ3) is 2.95. The SMILES string of the molecule is CC1CC(=O)Nc2nc(-c3nn(Cc4ccccc4F)c4ncccc34)nc(N)c21. The zero-order chi connectivity index (χ0) is 20.8. The summed E-state index contributed by atoms with van der Waals surface area (Å²) in [7, 11) is 0. The normalized spacial score (nSPS) is 15.8. The molecule has 0 bridgehead atoms. The summed E-state index contributed by atoms with van der Waals surface area (Å²) in [5, 5.41) is 8.10. The summed E-state index contributed by atoms with van der Waals surface area (Å²) in [6.07, 6.45) is 1.99. The molecule has 1 aromatic carbocycles. The number of fused-ring (bicyclic) bond motifs is 2. The summed E-state index contributed by atoms with van der Waals surface area (Å²) in [6.45, 7) is 2.12. The van der Waals surface area contributed by atoms with E-state index in [4.69, 9.17) is 5.73 Å². The van der Waals surface area contributed by atoms with E-state index < -0.39 is 0 Å². The lowest BCUT2D eigenvalue weighted by Crippen LogP contribution is -2.24. The zero-order valence-corrected chi connectivity index (χ0v) is 16.1. The molecule has 1 unspecified atom stereocenters. The number of nitrogens with two attached hydrogens (primary N) is 1. The number of hydrogen-bond acceptors (Lipinski definition) is 6. The second kappa shape index (κ2) is 6.87. The number of amides is 1. The van der Waals surface area contributed by atoms with Crippen molar-refractivity contribution in [2.75, 3.05) is 11.1 Å². The monoisotopic (exact) mass is 403 g/mol. The summed E-state index contributed by atoms with van der Waals surface area (Å²) in [5.74, 6) is 0.496. The van der Waals surface area contributed by atoms with Crippen molar-refractivity contribution in [3.05, 3.63) is 59.5 Å². The molecular formula is C21H18FN7O. The van der Waals surface area contributed by atoms with Crippen molar-refractivity contribution < 1.29 is 9.18 Å². The fourth-order valence-corrected chi connectivity index (χ4v) is 3.81. The van der Waals surface area contributed by atoms with E-state index >= 15 is 0 Å². The van der Waals surface area contributed by atoms with Crippen molar-refractivity contribution in [1.29, 1.82) is 0 Å². The smallest absolute Gasteiger partial charge is 0.226 e.